The number of fused-ring (bicyclic) bond motifs is 6. The van der Waals surface area contributed by atoms with Crippen molar-refractivity contribution in [3.63, 3.8) is 0 Å². The van der Waals surface area contributed by atoms with Gasteiger partial charge in [0.15, 0.2) is 0 Å². The number of hydrogen-bond donors (Lipinski definition) is 0. The SMILES string of the molecule is C1=CN=CC2c3cnccc3N(c3cccc(-n4c5ccncc5c5cnccc54)c3)C2C=1. The van der Waals surface area contributed by atoms with E-state index in [0.717, 1.165) is 38.9 Å². The minimum atomic E-state index is 0.0912. The first-order valence-corrected chi connectivity index (χ1v) is 10.9. The van der Waals surface area contributed by atoms with Gasteiger partial charge in [0.25, 0.3) is 0 Å². The van der Waals surface area contributed by atoms with E-state index in [1.807, 2.05) is 43.4 Å². The van der Waals surface area contributed by atoms with Crippen molar-refractivity contribution < 1.29 is 0 Å². The molecule has 5 aromatic rings. The van der Waals surface area contributed by atoms with E-state index in [-0.39, 0.29) is 12.0 Å². The maximum Gasteiger partial charge on any atom is 0.0716 e. The number of pyridine rings is 3. The summed E-state index contributed by atoms with van der Waals surface area (Å²) >= 11 is 0. The lowest BCUT2D eigenvalue weighted by Gasteiger charge is -2.27. The molecule has 2 aliphatic heterocycles. The van der Waals surface area contributed by atoms with Crippen molar-refractivity contribution in [2.45, 2.75) is 12.0 Å². The highest BCUT2D eigenvalue weighted by Gasteiger charge is 2.37. The fourth-order valence-electron chi connectivity index (χ4n) is 5.13. The number of rotatable bonds is 2. The highest BCUT2D eigenvalue weighted by molar-refractivity contribution is 6.08. The molecular formula is C27H18N6. The maximum absolute atomic E-state index is 4.40. The van der Waals surface area contributed by atoms with Gasteiger partial charge in [-0.25, -0.2) is 0 Å². The average molecular weight is 426 g/mol. The number of aromatic nitrogens is 4. The van der Waals surface area contributed by atoms with Crippen molar-refractivity contribution in [1.82, 2.24) is 19.5 Å². The minimum Gasteiger partial charge on any atom is -0.332 e. The van der Waals surface area contributed by atoms with Crippen LogP contribution in [0.4, 0.5) is 11.4 Å². The van der Waals surface area contributed by atoms with Crippen molar-refractivity contribution in [1.29, 1.82) is 0 Å². The van der Waals surface area contributed by atoms with Gasteiger partial charge in [-0.2, -0.15) is 0 Å². The normalized spacial score (nSPS) is 18.6. The summed E-state index contributed by atoms with van der Waals surface area (Å²) in [4.78, 5) is 19.8. The topological polar surface area (TPSA) is 59.2 Å². The van der Waals surface area contributed by atoms with Crippen LogP contribution in [0.1, 0.15) is 11.5 Å². The van der Waals surface area contributed by atoms with E-state index < -0.39 is 0 Å². The van der Waals surface area contributed by atoms with Crippen LogP contribution in [-0.2, 0) is 0 Å². The Morgan fingerprint density at radius 1 is 0.788 bits per heavy atom. The van der Waals surface area contributed by atoms with E-state index >= 15 is 0 Å². The molecule has 0 saturated heterocycles. The Kier molecular flexibility index (Phi) is 3.83. The lowest BCUT2D eigenvalue weighted by molar-refractivity contribution is 0.793. The second-order valence-corrected chi connectivity index (χ2v) is 8.22. The van der Waals surface area contributed by atoms with Gasteiger partial charge in [-0.05, 0) is 42.5 Å². The molecule has 0 N–H and O–H groups in total. The smallest absolute Gasteiger partial charge is 0.0716 e. The van der Waals surface area contributed by atoms with Gasteiger partial charge >= 0.3 is 0 Å². The van der Waals surface area contributed by atoms with Crippen LogP contribution in [0.25, 0.3) is 27.5 Å². The summed E-state index contributed by atoms with van der Waals surface area (Å²) < 4.78 is 2.28. The molecule has 0 radical (unpaired) electrons. The van der Waals surface area contributed by atoms with E-state index in [0.29, 0.717) is 0 Å². The zero-order valence-corrected chi connectivity index (χ0v) is 17.6. The van der Waals surface area contributed by atoms with Gasteiger partial charge in [0, 0.05) is 82.7 Å². The van der Waals surface area contributed by atoms with Gasteiger partial charge in [-0.15, -0.1) is 5.73 Å². The fraction of sp³-hybridized carbons (Fsp3) is 0.0741. The predicted octanol–water partition coefficient (Wildman–Crippen LogP) is 5.33. The Morgan fingerprint density at radius 3 is 2.33 bits per heavy atom. The third-order valence-corrected chi connectivity index (χ3v) is 6.51. The molecule has 6 heteroatoms. The Labute approximate surface area is 189 Å². The standard InChI is InChI=1S/C27H18N6/c1-3-18(32-24-5-2-9-28-14-20(24)21-15-29-10-6-25(21)32)13-19(4-1)33-26-7-11-30-16-22(26)23-17-31-12-8-27(23)33/h1,3-17,20,24H. The van der Waals surface area contributed by atoms with Gasteiger partial charge in [0.05, 0.1) is 23.3 Å². The molecule has 33 heavy (non-hydrogen) atoms. The predicted molar refractivity (Wildman–Crippen MR) is 130 cm³/mol. The maximum atomic E-state index is 4.40. The quantitative estimate of drug-likeness (QED) is 0.358. The van der Waals surface area contributed by atoms with Crippen molar-refractivity contribution in [3.05, 3.63) is 103 Å². The van der Waals surface area contributed by atoms with Crippen LogP contribution in [0, 0.1) is 0 Å². The van der Waals surface area contributed by atoms with Crippen molar-refractivity contribution in [3.8, 4) is 5.69 Å². The van der Waals surface area contributed by atoms with E-state index in [2.05, 4.69) is 83.7 Å². The molecule has 0 fully saturated rings. The van der Waals surface area contributed by atoms with Crippen molar-refractivity contribution in [2.75, 3.05) is 4.90 Å². The highest BCUT2D eigenvalue weighted by atomic mass is 15.2. The Morgan fingerprint density at radius 2 is 1.52 bits per heavy atom. The van der Waals surface area contributed by atoms with Crippen LogP contribution in [-0.4, -0.2) is 31.8 Å². The van der Waals surface area contributed by atoms with Crippen LogP contribution in [0.15, 0.2) is 103 Å². The first-order valence-electron chi connectivity index (χ1n) is 10.9. The molecule has 0 saturated carbocycles. The molecule has 2 unspecified atom stereocenters. The fourth-order valence-corrected chi connectivity index (χ4v) is 5.13. The average Bonchev–Trinajstić information content (AvgIpc) is 3.25. The molecular weight excluding hydrogens is 408 g/mol. The minimum absolute atomic E-state index is 0.0912. The summed E-state index contributed by atoms with van der Waals surface area (Å²) in [7, 11) is 0. The number of anilines is 2. The third kappa shape index (κ3) is 2.62. The molecule has 0 aliphatic carbocycles. The highest BCUT2D eigenvalue weighted by Crippen LogP contribution is 2.45. The third-order valence-electron chi connectivity index (χ3n) is 6.51. The summed E-state index contributed by atoms with van der Waals surface area (Å²) in [5.74, 6) is 0.133. The first-order chi connectivity index (χ1) is 16.4. The van der Waals surface area contributed by atoms with Crippen molar-refractivity contribution >= 4 is 39.4 Å². The van der Waals surface area contributed by atoms with Crippen LogP contribution < -0.4 is 4.90 Å². The molecule has 1 aromatic carbocycles. The number of hydrogen-bond acceptors (Lipinski definition) is 5. The van der Waals surface area contributed by atoms with Crippen LogP contribution >= 0.6 is 0 Å². The van der Waals surface area contributed by atoms with E-state index in [9.17, 15) is 0 Å². The summed E-state index contributed by atoms with van der Waals surface area (Å²) in [6.45, 7) is 0. The van der Waals surface area contributed by atoms with Gasteiger partial charge in [-0.3, -0.25) is 19.9 Å². The zero-order valence-electron chi connectivity index (χ0n) is 17.6. The zero-order chi connectivity index (χ0) is 21.8. The van der Waals surface area contributed by atoms with Crippen LogP contribution in [0.2, 0.25) is 0 Å². The number of nitrogens with zero attached hydrogens (tertiary/aromatic N) is 6. The lowest BCUT2D eigenvalue weighted by Crippen LogP contribution is -2.28. The Balaban J connectivity index is 1.45. The molecule has 0 amide bonds. The summed E-state index contributed by atoms with van der Waals surface area (Å²) in [5, 5.41) is 2.19. The summed E-state index contributed by atoms with van der Waals surface area (Å²) in [6, 6.07) is 15.0. The molecule has 4 aromatic heterocycles. The molecule has 2 atom stereocenters. The second-order valence-electron chi connectivity index (χ2n) is 8.22. The van der Waals surface area contributed by atoms with E-state index in [1.165, 1.54) is 5.56 Å². The van der Waals surface area contributed by atoms with E-state index in [4.69, 9.17) is 0 Å². The van der Waals surface area contributed by atoms with Gasteiger partial charge in [-0.1, -0.05) is 6.07 Å². The monoisotopic (exact) mass is 426 g/mol. The number of aliphatic imine (C=N–C) groups is 1. The largest absolute Gasteiger partial charge is 0.332 e. The van der Waals surface area contributed by atoms with E-state index in [1.54, 1.807) is 6.20 Å². The molecule has 6 heterocycles. The first kappa shape index (κ1) is 18.1. The second kappa shape index (κ2) is 6.99. The van der Waals surface area contributed by atoms with Gasteiger partial charge in [0.2, 0.25) is 0 Å². The number of benzene rings is 1. The summed E-state index contributed by atoms with van der Waals surface area (Å²) in [5.41, 5.74) is 9.96. The summed E-state index contributed by atoms with van der Waals surface area (Å²) in [6.07, 6.45) is 17.1. The van der Waals surface area contributed by atoms with Crippen molar-refractivity contribution in [2.24, 2.45) is 4.99 Å². The molecule has 7 rings (SSSR count). The lowest BCUT2D eigenvalue weighted by atomic mass is 9.97. The molecule has 156 valence electrons. The van der Waals surface area contributed by atoms with Crippen LogP contribution in [0.3, 0.4) is 0 Å². The Hall–Kier alpha value is -4.54. The van der Waals surface area contributed by atoms with Gasteiger partial charge < -0.3 is 9.47 Å². The molecule has 2 aliphatic rings. The molecule has 0 bridgehead atoms. The molecule has 0 spiro atoms. The van der Waals surface area contributed by atoms with Gasteiger partial charge in [0.1, 0.15) is 0 Å². The Bertz CT molecular complexity index is 1590. The van der Waals surface area contributed by atoms with Crippen LogP contribution in [0.5, 0.6) is 0 Å². The molecule has 6 nitrogen and oxygen atoms in total.